The number of thioether (sulfide) groups is 1. The maximum Gasteiger partial charge on any atom is 0.332 e. The molecule has 1 amide bonds. The molecule has 36 heavy (non-hydrogen) atoms. The molecule has 4 aromatic heterocycles. The van der Waals surface area contributed by atoms with Crippen LogP contribution >= 0.6 is 11.8 Å². The molecule has 0 aromatic carbocycles. The number of amides is 1. The lowest BCUT2D eigenvalue weighted by Crippen LogP contribution is -2.38. The van der Waals surface area contributed by atoms with E-state index in [1.807, 2.05) is 6.92 Å². The topological polar surface area (TPSA) is 147 Å². The highest BCUT2D eigenvalue weighted by Gasteiger charge is 2.17. The lowest BCUT2D eigenvalue weighted by molar-refractivity contribution is -0.121. The van der Waals surface area contributed by atoms with E-state index in [0.29, 0.717) is 29.8 Å². The number of anilines is 1. The predicted molar refractivity (Wildman–Crippen MR) is 138 cm³/mol. The van der Waals surface area contributed by atoms with Crippen molar-refractivity contribution in [3.05, 3.63) is 33.4 Å². The van der Waals surface area contributed by atoms with E-state index in [0.717, 1.165) is 28.1 Å². The molecule has 0 radical (unpaired) electrons. The maximum atomic E-state index is 12.6. The van der Waals surface area contributed by atoms with Crippen molar-refractivity contribution in [2.24, 2.45) is 20.0 Å². The third kappa shape index (κ3) is 4.98. The van der Waals surface area contributed by atoms with Crippen molar-refractivity contribution in [3.8, 4) is 0 Å². The third-order valence-corrected chi connectivity index (χ3v) is 6.33. The second-order valence-corrected chi connectivity index (χ2v) is 10.00. The van der Waals surface area contributed by atoms with Gasteiger partial charge in [0.15, 0.2) is 22.0 Å². The first-order valence-electron chi connectivity index (χ1n) is 11.7. The molecule has 0 bridgehead atoms. The van der Waals surface area contributed by atoms with Crippen molar-refractivity contribution in [3.63, 3.8) is 0 Å². The second kappa shape index (κ2) is 10.5. The van der Waals surface area contributed by atoms with Gasteiger partial charge in [-0.05, 0) is 11.7 Å². The Morgan fingerprint density at radius 2 is 1.92 bits per heavy atom. The predicted octanol–water partition coefficient (Wildman–Crippen LogP) is 0.570. The van der Waals surface area contributed by atoms with Crippen LogP contribution in [0.1, 0.15) is 20.8 Å². The molecule has 13 nitrogen and oxygen atoms in total. The van der Waals surface area contributed by atoms with E-state index in [4.69, 9.17) is 0 Å². The average Bonchev–Trinajstić information content (AvgIpc) is 3.44. The van der Waals surface area contributed by atoms with Crippen LogP contribution < -0.4 is 21.9 Å². The molecule has 4 heterocycles. The summed E-state index contributed by atoms with van der Waals surface area (Å²) in [6, 6.07) is 0. The van der Waals surface area contributed by atoms with Gasteiger partial charge in [-0.1, -0.05) is 32.5 Å². The zero-order valence-electron chi connectivity index (χ0n) is 21.0. The van der Waals surface area contributed by atoms with Gasteiger partial charge in [-0.15, -0.1) is 0 Å². The van der Waals surface area contributed by atoms with E-state index in [2.05, 4.69) is 44.5 Å². The fraction of sp³-hybridized carbons (Fsp3) is 0.500. The van der Waals surface area contributed by atoms with Crippen molar-refractivity contribution in [1.29, 1.82) is 0 Å². The highest BCUT2D eigenvalue weighted by Crippen LogP contribution is 2.24. The first kappa shape index (κ1) is 25.4. The van der Waals surface area contributed by atoms with E-state index in [9.17, 15) is 14.4 Å². The van der Waals surface area contributed by atoms with Crippen LogP contribution in [0, 0.1) is 5.92 Å². The molecule has 14 heteroatoms. The van der Waals surface area contributed by atoms with Gasteiger partial charge in [0.05, 0.1) is 24.5 Å². The Kier molecular flexibility index (Phi) is 7.43. The summed E-state index contributed by atoms with van der Waals surface area (Å²) in [5.41, 5.74) is 0.170. The van der Waals surface area contributed by atoms with Gasteiger partial charge in [0.1, 0.15) is 12.4 Å². The monoisotopic (exact) mass is 514 g/mol. The zero-order chi connectivity index (χ0) is 26.0. The Labute approximate surface area is 210 Å². The Balaban J connectivity index is 1.47. The normalized spacial score (nSPS) is 11.6. The molecule has 4 rings (SSSR count). The van der Waals surface area contributed by atoms with Gasteiger partial charge in [0.25, 0.3) is 5.56 Å². The highest BCUT2D eigenvalue weighted by molar-refractivity contribution is 7.99. The number of nitrogens with zero attached hydrogens (tertiary/aromatic N) is 8. The summed E-state index contributed by atoms with van der Waals surface area (Å²) in [6.07, 6.45) is 3.12. The number of aryl methyl sites for hydroxylation is 1. The number of carbonyl (C=O) groups excluding carboxylic acids is 1. The largest absolute Gasteiger partial charge is 0.369 e. The zero-order valence-corrected chi connectivity index (χ0v) is 21.8. The Morgan fingerprint density at radius 3 is 2.64 bits per heavy atom. The Hall–Kier alpha value is -3.68. The molecule has 0 atom stereocenters. The maximum absolute atomic E-state index is 12.6. The summed E-state index contributed by atoms with van der Waals surface area (Å²) in [4.78, 5) is 50.7. The second-order valence-electron chi connectivity index (χ2n) is 8.77. The van der Waals surface area contributed by atoms with Gasteiger partial charge in [-0.2, -0.15) is 5.10 Å². The van der Waals surface area contributed by atoms with Gasteiger partial charge in [-0.3, -0.25) is 18.7 Å². The summed E-state index contributed by atoms with van der Waals surface area (Å²) in [7, 11) is 2.93. The lowest BCUT2D eigenvalue weighted by Gasteiger charge is -2.11. The molecule has 0 saturated carbocycles. The van der Waals surface area contributed by atoms with Crippen LogP contribution in [-0.2, 0) is 32.0 Å². The van der Waals surface area contributed by atoms with Crippen LogP contribution in [-0.4, -0.2) is 63.2 Å². The van der Waals surface area contributed by atoms with Crippen LogP contribution in [0.25, 0.3) is 22.2 Å². The molecule has 0 saturated heterocycles. The smallest absolute Gasteiger partial charge is 0.332 e. The van der Waals surface area contributed by atoms with E-state index < -0.39 is 11.2 Å². The van der Waals surface area contributed by atoms with Crippen LogP contribution in [0.4, 0.5) is 5.82 Å². The highest BCUT2D eigenvalue weighted by atomic mass is 32.2. The number of nitrogens with one attached hydrogen (secondary N) is 2. The van der Waals surface area contributed by atoms with Crippen molar-refractivity contribution < 1.29 is 4.79 Å². The summed E-state index contributed by atoms with van der Waals surface area (Å²) in [5, 5.41) is 12.2. The lowest BCUT2D eigenvalue weighted by atomic mass is 10.2. The number of aromatic nitrogens is 8. The van der Waals surface area contributed by atoms with Crippen LogP contribution in [0.2, 0.25) is 0 Å². The van der Waals surface area contributed by atoms with Gasteiger partial charge < -0.3 is 15.2 Å². The van der Waals surface area contributed by atoms with Gasteiger partial charge in [0.2, 0.25) is 5.91 Å². The molecular weight excluding hydrogens is 484 g/mol. The van der Waals surface area contributed by atoms with Gasteiger partial charge in [0, 0.05) is 27.2 Å². The summed E-state index contributed by atoms with van der Waals surface area (Å²) in [5.74, 6) is 1.76. The first-order valence-corrected chi connectivity index (χ1v) is 12.7. The molecule has 0 spiro atoms. The van der Waals surface area contributed by atoms with Gasteiger partial charge in [-0.25, -0.2) is 24.4 Å². The number of imidazole rings is 1. The van der Waals surface area contributed by atoms with Crippen molar-refractivity contribution >= 4 is 45.7 Å². The van der Waals surface area contributed by atoms with E-state index in [1.165, 1.54) is 29.6 Å². The minimum atomic E-state index is -0.497. The molecule has 4 aromatic rings. The molecule has 0 aliphatic carbocycles. The minimum Gasteiger partial charge on any atom is -0.369 e. The Morgan fingerprint density at radius 1 is 1.14 bits per heavy atom. The number of hydrogen-bond donors (Lipinski definition) is 2. The third-order valence-electron chi connectivity index (χ3n) is 5.60. The van der Waals surface area contributed by atoms with Crippen LogP contribution in [0.3, 0.4) is 0 Å². The van der Waals surface area contributed by atoms with Crippen LogP contribution in [0.15, 0.2) is 27.3 Å². The molecule has 2 N–H and O–H groups in total. The first-order chi connectivity index (χ1) is 17.2. The summed E-state index contributed by atoms with van der Waals surface area (Å²) < 4.78 is 5.48. The molecule has 0 aliphatic heterocycles. The Bertz CT molecular complexity index is 1530. The molecule has 192 valence electrons. The SMILES string of the molecule is CCSc1nc(NCC(C)C)c2cnn(CCNC(=O)Cn3cnc4c3c(=O)n(C)c(=O)n4C)c2n1. The van der Waals surface area contributed by atoms with Crippen molar-refractivity contribution in [2.45, 2.75) is 39.0 Å². The molecule has 0 aliphatic rings. The fourth-order valence-corrected chi connectivity index (χ4v) is 4.32. The van der Waals surface area contributed by atoms with E-state index in [1.54, 1.807) is 22.6 Å². The molecular formula is C22H30N10O3S. The number of carbonyl (C=O) groups is 1. The number of rotatable bonds is 10. The number of fused-ring (bicyclic) bond motifs is 2. The molecule has 0 fully saturated rings. The fourth-order valence-electron chi connectivity index (χ4n) is 3.76. The minimum absolute atomic E-state index is 0.105. The average molecular weight is 515 g/mol. The van der Waals surface area contributed by atoms with Gasteiger partial charge >= 0.3 is 5.69 Å². The standard InChI is InChI=1S/C22H30N10O3S/c1-6-36-21-27-17(24-9-13(2)3)14-10-26-32(18(14)28-21)8-7-23-15(33)11-31-12-25-19-16(31)20(34)30(5)22(35)29(19)4/h10,12-13H,6-9,11H2,1-5H3,(H,23,33)(H,24,27,28). The van der Waals surface area contributed by atoms with Crippen molar-refractivity contribution in [2.75, 3.05) is 24.2 Å². The molecule has 0 unspecified atom stereocenters. The van der Waals surface area contributed by atoms with Crippen molar-refractivity contribution in [1.82, 2.24) is 43.8 Å². The number of hydrogen-bond acceptors (Lipinski definition) is 9. The summed E-state index contributed by atoms with van der Waals surface area (Å²) >= 11 is 1.56. The van der Waals surface area contributed by atoms with Crippen LogP contribution in [0.5, 0.6) is 0 Å². The quantitative estimate of drug-likeness (QED) is 0.229. The van der Waals surface area contributed by atoms with E-state index >= 15 is 0 Å². The van der Waals surface area contributed by atoms with E-state index in [-0.39, 0.29) is 23.6 Å². The summed E-state index contributed by atoms with van der Waals surface area (Å²) in [6.45, 7) is 7.71.